The van der Waals surface area contributed by atoms with Gasteiger partial charge in [-0.2, -0.15) is 0 Å². The van der Waals surface area contributed by atoms with Crippen molar-refractivity contribution in [3.63, 3.8) is 0 Å². The Kier molecular flexibility index (Phi) is 7.36. The van der Waals surface area contributed by atoms with E-state index in [2.05, 4.69) is 25.8 Å². The van der Waals surface area contributed by atoms with Gasteiger partial charge in [0.05, 0.1) is 5.56 Å². The maximum Gasteiger partial charge on any atom is 0.338 e. The summed E-state index contributed by atoms with van der Waals surface area (Å²) in [6.45, 7) is 2.98. The second-order valence-electron chi connectivity index (χ2n) is 8.10. The highest BCUT2D eigenvalue weighted by molar-refractivity contribution is 6.66. The smallest absolute Gasteiger partial charge is 0.338 e. The van der Waals surface area contributed by atoms with Crippen LogP contribution in [0.4, 0.5) is 11.9 Å². The zero-order valence-electron chi connectivity index (χ0n) is 18.2. The van der Waals surface area contributed by atoms with Crippen molar-refractivity contribution < 1.29 is 9.90 Å². The van der Waals surface area contributed by atoms with E-state index in [-0.39, 0.29) is 12.3 Å². The molecule has 1 saturated heterocycles. The van der Waals surface area contributed by atoms with Gasteiger partial charge in [-0.3, -0.25) is 0 Å². The predicted octanol–water partition coefficient (Wildman–Crippen LogP) is 0.665. The van der Waals surface area contributed by atoms with Gasteiger partial charge >= 0.3 is 5.97 Å². The van der Waals surface area contributed by atoms with E-state index in [0.717, 1.165) is 49.4 Å². The van der Waals surface area contributed by atoms with Gasteiger partial charge in [-0.05, 0) is 39.4 Å². The number of hydrogen-bond acceptors (Lipinski definition) is 9. The molecule has 1 fully saturated rings. The first-order valence-corrected chi connectivity index (χ1v) is 10.3. The Balaban J connectivity index is 0.000000628. The molecule has 0 amide bonds. The Labute approximate surface area is 182 Å². The van der Waals surface area contributed by atoms with E-state index in [1.807, 2.05) is 37.1 Å². The highest BCUT2D eigenvalue weighted by Gasteiger charge is 2.26. The molecule has 0 spiro atoms. The first kappa shape index (κ1) is 22.4. The average molecular weight is 422 g/mol. The molecule has 2 aromatic rings. The number of aromatic carboxylic acids is 1. The molecule has 0 unspecified atom stereocenters. The van der Waals surface area contributed by atoms with Crippen molar-refractivity contribution in [2.24, 2.45) is 0 Å². The van der Waals surface area contributed by atoms with Crippen molar-refractivity contribution in [3.05, 3.63) is 35.4 Å². The van der Waals surface area contributed by atoms with Crippen LogP contribution in [0.5, 0.6) is 0 Å². The molecule has 4 heterocycles. The minimum atomic E-state index is -1.03. The maximum atomic E-state index is 10.9. The Bertz CT molecular complexity index is 936. The van der Waals surface area contributed by atoms with Crippen LogP contribution in [0.3, 0.4) is 0 Å². The molecule has 0 aromatic carbocycles. The van der Waals surface area contributed by atoms with Gasteiger partial charge < -0.3 is 19.8 Å². The highest BCUT2D eigenvalue weighted by Crippen LogP contribution is 2.22. The SMILES string of the molecule is CN(C)C.N#CB1CCc2nc(N3CCN(c4ncc(C(=O)O)cn4)CC3)ncc2C1. The molecule has 31 heavy (non-hydrogen) atoms. The van der Waals surface area contributed by atoms with Crippen molar-refractivity contribution in [2.75, 3.05) is 57.1 Å². The number of piperazine rings is 1. The molecule has 10 nitrogen and oxygen atoms in total. The fraction of sp³-hybridized carbons (Fsp3) is 0.500. The summed E-state index contributed by atoms with van der Waals surface area (Å²) in [5, 5.41) is 18.0. The molecule has 11 heteroatoms. The van der Waals surface area contributed by atoms with Crippen LogP contribution < -0.4 is 9.80 Å². The third-order valence-corrected chi connectivity index (χ3v) is 5.05. The lowest BCUT2D eigenvalue weighted by atomic mass is 9.43. The number of carboxylic acid groups (broad SMARTS) is 1. The number of hydrogen-bond donors (Lipinski definition) is 1. The summed E-state index contributed by atoms with van der Waals surface area (Å²) in [5.74, 6) is 2.57. The number of carbonyl (C=O) groups is 1. The van der Waals surface area contributed by atoms with E-state index in [9.17, 15) is 4.79 Å². The van der Waals surface area contributed by atoms with Gasteiger partial charge in [0.15, 0.2) is 0 Å². The summed E-state index contributed by atoms with van der Waals surface area (Å²) in [4.78, 5) is 34.6. The molecule has 1 N–H and O–H groups in total. The van der Waals surface area contributed by atoms with E-state index < -0.39 is 5.97 Å². The standard InChI is InChI=1S/C17H18BN7O2.C3H9N/c19-11-18-2-1-14-12(7-18)8-22-17(23-14)25-5-3-24(4-6-25)16-20-9-13(10-21-16)15(26)27;1-4(2)3/h8-10H,1-7H2,(H,26,27);1-3H3. The summed E-state index contributed by atoms with van der Waals surface area (Å²) in [6.07, 6.45) is 6.95. The number of nitrogens with zero attached hydrogens (tertiary/aromatic N) is 8. The Morgan fingerprint density at radius 1 is 1.06 bits per heavy atom. The molecule has 2 aromatic heterocycles. The third kappa shape index (κ3) is 5.89. The van der Waals surface area contributed by atoms with Crippen LogP contribution >= 0.6 is 0 Å². The fourth-order valence-electron chi connectivity index (χ4n) is 3.46. The number of aromatic nitrogens is 4. The lowest BCUT2D eigenvalue weighted by Crippen LogP contribution is -2.47. The first-order chi connectivity index (χ1) is 14.9. The predicted molar refractivity (Wildman–Crippen MR) is 119 cm³/mol. The average Bonchev–Trinajstić information content (AvgIpc) is 2.78. The van der Waals surface area contributed by atoms with Crippen LogP contribution in [0.2, 0.25) is 6.32 Å². The summed E-state index contributed by atoms with van der Waals surface area (Å²) in [7, 11) is 6.00. The van der Waals surface area contributed by atoms with E-state index in [1.165, 1.54) is 12.4 Å². The second kappa shape index (κ2) is 10.2. The van der Waals surface area contributed by atoms with Gasteiger partial charge in [0.2, 0.25) is 11.9 Å². The Morgan fingerprint density at radius 3 is 2.16 bits per heavy atom. The van der Waals surface area contributed by atoms with Gasteiger partial charge in [0.1, 0.15) is 0 Å². The van der Waals surface area contributed by atoms with E-state index in [1.54, 1.807) is 0 Å². The Morgan fingerprint density at radius 2 is 1.61 bits per heavy atom. The van der Waals surface area contributed by atoms with E-state index in [0.29, 0.717) is 19.0 Å². The van der Waals surface area contributed by atoms with Gasteiger partial charge in [0, 0.05) is 56.4 Å². The zero-order chi connectivity index (χ0) is 22.4. The second-order valence-corrected chi connectivity index (χ2v) is 8.10. The molecule has 2 aliphatic rings. The van der Waals surface area contributed by atoms with Gasteiger partial charge in [-0.25, -0.2) is 30.0 Å². The van der Waals surface area contributed by atoms with Crippen molar-refractivity contribution in [1.82, 2.24) is 24.8 Å². The van der Waals surface area contributed by atoms with Crippen LogP contribution in [0, 0.1) is 11.2 Å². The normalized spacial score (nSPS) is 15.6. The number of anilines is 2. The van der Waals surface area contributed by atoms with Crippen molar-refractivity contribution in [1.29, 1.82) is 5.26 Å². The fourth-order valence-corrected chi connectivity index (χ4v) is 3.46. The molecule has 2 aliphatic heterocycles. The minimum absolute atomic E-state index is 0.0722. The van der Waals surface area contributed by atoms with Crippen LogP contribution in [0.1, 0.15) is 21.6 Å². The molecule has 0 bridgehead atoms. The lowest BCUT2D eigenvalue weighted by molar-refractivity contribution is 0.0696. The number of nitriles is 1. The van der Waals surface area contributed by atoms with Crippen LogP contribution in [-0.4, -0.2) is 89.9 Å². The quantitative estimate of drug-likeness (QED) is 0.706. The topological polar surface area (TPSA) is 122 Å². The number of fused-ring (bicyclic) bond motifs is 1. The summed E-state index contributed by atoms with van der Waals surface area (Å²) in [5.41, 5.74) is 2.22. The molecular formula is C20H27BN8O2. The first-order valence-electron chi connectivity index (χ1n) is 10.3. The molecule has 0 atom stereocenters. The highest BCUT2D eigenvalue weighted by atomic mass is 16.4. The molecule has 0 saturated carbocycles. The van der Waals surface area contributed by atoms with Crippen LogP contribution in [-0.2, 0) is 12.7 Å². The van der Waals surface area contributed by atoms with Gasteiger partial charge in [-0.1, -0.05) is 6.32 Å². The summed E-state index contributed by atoms with van der Waals surface area (Å²) < 4.78 is 0. The maximum absolute atomic E-state index is 10.9. The van der Waals surface area contributed by atoms with Crippen molar-refractivity contribution >= 4 is 24.6 Å². The molecule has 0 radical (unpaired) electrons. The number of rotatable bonds is 3. The van der Waals surface area contributed by atoms with E-state index in [4.69, 9.17) is 15.4 Å². The minimum Gasteiger partial charge on any atom is -0.478 e. The largest absolute Gasteiger partial charge is 0.478 e. The van der Waals surface area contributed by atoms with Crippen molar-refractivity contribution in [3.8, 4) is 5.97 Å². The van der Waals surface area contributed by atoms with E-state index >= 15 is 0 Å². The monoisotopic (exact) mass is 422 g/mol. The number of carboxylic acids is 1. The molecule has 0 aliphatic carbocycles. The number of aryl methyl sites for hydroxylation is 1. The third-order valence-electron chi connectivity index (χ3n) is 5.05. The van der Waals surface area contributed by atoms with Crippen molar-refractivity contribution in [2.45, 2.75) is 19.1 Å². The summed E-state index contributed by atoms with van der Waals surface area (Å²) >= 11 is 0. The molecular weight excluding hydrogens is 395 g/mol. The van der Waals surface area contributed by atoms with Gasteiger partial charge in [0.25, 0.3) is 6.71 Å². The summed E-state index contributed by atoms with van der Waals surface area (Å²) in [6, 6.07) is 0. The Hall–Kier alpha value is -3.26. The lowest BCUT2D eigenvalue weighted by Gasteiger charge is -2.35. The zero-order valence-corrected chi connectivity index (χ0v) is 18.2. The van der Waals surface area contributed by atoms with Crippen LogP contribution in [0.25, 0.3) is 0 Å². The van der Waals surface area contributed by atoms with Gasteiger partial charge in [-0.15, -0.1) is 0 Å². The molecule has 162 valence electrons. The molecule has 4 rings (SSSR count). The van der Waals surface area contributed by atoms with Crippen LogP contribution in [0.15, 0.2) is 18.6 Å².